The number of carbonyl (C=O) groups excluding carboxylic acids is 1. The lowest BCUT2D eigenvalue weighted by molar-refractivity contribution is -0.117. The molecule has 1 aliphatic heterocycles. The Hall–Kier alpha value is -2.20. The maximum absolute atomic E-state index is 13.1. The van der Waals surface area contributed by atoms with E-state index in [1.807, 2.05) is 30.3 Å². The van der Waals surface area contributed by atoms with Crippen molar-refractivity contribution in [3.63, 3.8) is 0 Å². The maximum Gasteiger partial charge on any atom is 0.246 e. The Labute approximate surface area is 116 Å². The van der Waals surface area contributed by atoms with Crippen LogP contribution in [0.2, 0.25) is 0 Å². The Morgan fingerprint density at radius 2 is 2.00 bits per heavy atom. The third kappa shape index (κ3) is 2.56. The second kappa shape index (κ2) is 5.43. The van der Waals surface area contributed by atoms with Gasteiger partial charge in [-0.05, 0) is 30.2 Å². The van der Waals surface area contributed by atoms with Crippen molar-refractivity contribution in [2.75, 3.05) is 11.9 Å². The summed E-state index contributed by atoms with van der Waals surface area (Å²) in [6.07, 6.45) is 0.684. The van der Waals surface area contributed by atoms with Gasteiger partial charge in [-0.25, -0.2) is 4.39 Å². The number of rotatable bonds is 4. The summed E-state index contributed by atoms with van der Waals surface area (Å²) >= 11 is 0. The fourth-order valence-electron chi connectivity index (χ4n) is 2.46. The summed E-state index contributed by atoms with van der Waals surface area (Å²) in [7, 11) is 0. The molecule has 2 aromatic carbocycles. The van der Waals surface area contributed by atoms with Gasteiger partial charge in [0.15, 0.2) is 0 Å². The van der Waals surface area contributed by atoms with E-state index in [9.17, 15) is 9.18 Å². The molecule has 2 N–H and O–H groups in total. The monoisotopic (exact) mass is 270 g/mol. The average Bonchev–Trinajstić information content (AvgIpc) is 2.75. The van der Waals surface area contributed by atoms with Crippen molar-refractivity contribution in [2.24, 2.45) is 0 Å². The molecule has 102 valence electrons. The molecule has 3 rings (SSSR count). The molecule has 0 aliphatic carbocycles. The third-order valence-corrected chi connectivity index (χ3v) is 3.44. The summed E-state index contributed by atoms with van der Waals surface area (Å²) in [5.74, 6) is -0.267. The lowest BCUT2D eigenvalue weighted by atomic mass is 10.1. The highest BCUT2D eigenvalue weighted by atomic mass is 19.1. The van der Waals surface area contributed by atoms with Gasteiger partial charge in [0.05, 0.1) is 0 Å². The predicted molar refractivity (Wildman–Crippen MR) is 75.9 cm³/mol. The highest BCUT2D eigenvalue weighted by molar-refractivity contribution is 6.02. The first-order chi connectivity index (χ1) is 9.74. The molecular formula is C16H15FN2O. The van der Waals surface area contributed by atoms with Crippen LogP contribution >= 0.6 is 0 Å². The second-order valence-corrected chi connectivity index (χ2v) is 4.84. The summed E-state index contributed by atoms with van der Waals surface area (Å²) in [4.78, 5) is 11.9. The molecule has 1 atom stereocenters. The first-order valence-corrected chi connectivity index (χ1v) is 6.61. The zero-order chi connectivity index (χ0) is 13.9. The molecule has 2 aromatic rings. The van der Waals surface area contributed by atoms with Crippen LogP contribution in [0.4, 0.5) is 10.1 Å². The lowest BCUT2D eigenvalue weighted by Crippen LogP contribution is -2.29. The molecule has 0 fully saturated rings. The summed E-state index contributed by atoms with van der Waals surface area (Å²) < 4.78 is 13.1. The molecule has 0 aromatic heterocycles. The summed E-state index contributed by atoms with van der Waals surface area (Å²) in [5.41, 5.74) is 2.75. The number of halogens is 1. The summed E-state index contributed by atoms with van der Waals surface area (Å²) in [5, 5.41) is 6.06. The van der Waals surface area contributed by atoms with Crippen LogP contribution in [-0.4, -0.2) is 12.5 Å². The molecule has 0 bridgehead atoms. The quantitative estimate of drug-likeness (QED) is 0.896. The first-order valence-electron chi connectivity index (χ1n) is 6.61. The first kappa shape index (κ1) is 12.8. The molecule has 4 heteroatoms. The number of nitrogens with one attached hydrogen (secondary N) is 2. The van der Waals surface area contributed by atoms with Crippen LogP contribution in [0.5, 0.6) is 0 Å². The van der Waals surface area contributed by atoms with Crippen molar-refractivity contribution in [3.8, 4) is 0 Å². The zero-order valence-electron chi connectivity index (χ0n) is 10.9. The molecule has 3 nitrogen and oxygen atoms in total. The molecule has 1 amide bonds. The molecule has 1 heterocycles. The smallest absolute Gasteiger partial charge is 0.246 e. The predicted octanol–water partition coefficient (Wildman–Crippen LogP) is 2.65. The molecule has 0 spiro atoms. The normalized spacial score (nSPS) is 16.9. The van der Waals surface area contributed by atoms with E-state index < -0.39 is 0 Å². The Bertz CT molecular complexity index is 642. The summed E-state index contributed by atoms with van der Waals surface area (Å²) in [6.45, 7) is 0.621. The van der Waals surface area contributed by atoms with Crippen LogP contribution in [-0.2, 0) is 11.2 Å². The SMILES string of the molecule is O=C1Nc2ccccc2C1NCCc1cccc(F)c1. The van der Waals surface area contributed by atoms with E-state index in [0.29, 0.717) is 13.0 Å². The number of hydrogen-bond donors (Lipinski definition) is 2. The van der Waals surface area contributed by atoms with Gasteiger partial charge in [-0.15, -0.1) is 0 Å². The maximum atomic E-state index is 13.1. The molecule has 1 aliphatic rings. The van der Waals surface area contributed by atoms with Crippen LogP contribution in [0.25, 0.3) is 0 Å². The van der Waals surface area contributed by atoms with Crippen LogP contribution < -0.4 is 10.6 Å². The molecule has 1 unspecified atom stereocenters. The van der Waals surface area contributed by atoms with Gasteiger partial charge in [-0.1, -0.05) is 30.3 Å². The summed E-state index contributed by atoms with van der Waals surface area (Å²) in [6, 6.07) is 13.8. The highest BCUT2D eigenvalue weighted by Gasteiger charge is 2.29. The minimum atomic E-state index is -0.320. The van der Waals surface area contributed by atoms with E-state index in [2.05, 4.69) is 10.6 Å². The largest absolute Gasteiger partial charge is 0.324 e. The second-order valence-electron chi connectivity index (χ2n) is 4.84. The van der Waals surface area contributed by atoms with Crippen LogP contribution in [0, 0.1) is 5.82 Å². The fourth-order valence-corrected chi connectivity index (χ4v) is 2.46. The molecule has 0 saturated heterocycles. The van der Waals surface area contributed by atoms with E-state index >= 15 is 0 Å². The standard InChI is InChI=1S/C16H15FN2O/c17-12-5-3-4-11(10-12)8-9-18-15-13-6-1-2-7-14(13)19-16(15)20/h1-7,10,15,18H,8-9H2,(H,19,20). The van der Waals surface area contributed by atoms with Crippen molar-refractivity contribution in [2.45, 2.75) is 12.5 Å². The van der Waals surface area contributed by atoms with Crippen LogP contribution in [0.15, 0.2) is 48.5 Å². The van der Waals surface area contributed by atoms with Crippen molar-refractivity contribution < 1.29 is 9.18 Å². The molecule has 0 radical (unpaired) electrons. The fraction of sp³-hybridized carbons (Fsp3) is 0.188. The van der Waals surface area contributed by atoms with Crippen molar-refractivity contribution in [1.82, 2.24) is 5.32 Å². The number of hydrogen-bond acceptors (Lipinski definition) is 2. The van der Waals surface area contributed by atoms with Gasteiger partial charge in [-0.3, -0.25) is 4.79 Å². The van der Waals surface area contributed by atoms with E-state index in [1.165, 1.54) is 12.1 Å². The van der Waals surface area contributed by atoms with Gasteiger partial charge >= 0.3 is 0 Å². The average molecular weight is 270 g/mol. The topological polar surface area (TPSA) is 41.1 Å². The number of anilines is 1. The van der Waals surface area contributed by atoms with E-state index in [-0.39, 0.29) is 17.8 Å². The van der Waals surface area contributed by atoms with Crippen LogP contribution in [0.3, 0.4) is 0 Å². The number of carbonyl (C=O) groups is 1. The van der Waals surface area contributed by atoms with Gasteiger partial charge in [0, 0.05) is 17.8 Å². The number of amides is 1. The number of para-hydroxylation sites is 1. The Morgan fingerprint density at radius 1 is 1.15 bits per heavy atom. The minimum Gasteiger partial charge on any atom is -0.324 e. The Kier molecular flexibility index (Phi) is 3.48. The Balaban J connectivity index is 1.63. The molecule has 0 saturated carbocycles. The molecule has 20 heavy (non-hydrogen) atoms. The number of fused-ring (bicyclic) bond motifs is 1. The van der Waals surface area contributed by atoms with E-state index in [0.717, 1.165) is 16.8 Å². The highest BCUT2D eigenvalue weighted by Crippen LogP contribution is 2.29. The van der Waals surface area contributed by atoms with Crippen molar-refractivity contribution in [3.05, 3.63) is 65.5 Å². The van der Waals surface area contributed by atoms with Gasteiger partial charge in [0.1, 0.15) is 11.9 Å². The lowest BCUT2D eigenvalue weighted by Gasteiger charge is -2.11. The molecular weight excluding hydrogens is 255 g/mol. The third-order valence-electron chi connectivity index (χ3n) is 3.44. The minimum absolute atomic E-state index is 0.0366. The number of benzene rings is 2. The van der Waals surface area contributed by atoms with Gasteiger partial charge in [-0.2, -0.15) is 0 Å². The van der Waals surface area contributed by atoms with Crippen molar-refractivity contribution >= 4 is 11.6 Å². The zero-order valence-corrected chi connectivity index (χ0v) is 10.9. The van der Waals surface area contributed by atoms with Gasteiger partial charge in [0.25, 0.3) is 0 Å². The van der Waals surface area contributed by atoms with Gasteiger partial charge in [0.2, 0.25) is 5.91 Å². The van der Waals surface area contributed by atoms with E-state index in [1.54, 1.807) is 6.07 Å². The van der Waals surface area contributed by atoms with Crippen molar-refractivity contribution in [1.29, 1.82) is 0 Å². The Morgan fingerprint density at radius 3 is 2.85 bits per heavy atom. The van der Waals surface area contributed by atoms with E-state index in [4.69, 9.17) is 0 Å². The van der Waals surface area contributed by atoms with Crippen LogP contribution in [0.1, 0.15) is 17.2 Å². The van der Waals surface area contributed by atoms with Gasteiger partial charge < -0.3 is 10.6 Å².